The molecule has 0 aliphatic rings. The summed E-state index contributed by atoms with van der Waals surface area (Å²) < 4.78 is 1.64. The highest BCUT2D eigenvalue weighted by molar-refractivity contribution is 8.00. The van der Waals surface area contributed by atoms with Gasteiger partial charge in [-0.2, -0.15) is 5.26 Å². The largest absolute Gasteiger partial charge is 0.268 e. The minimum absolute atomic E-state index is 0.103. The normalized spacial score (nSPS) is 12.0. The van der Waals surface area contributed by atoms with Crippen LogP contribution in [0.4, 0.5) is 0 Å². The summed E-state index contributed by atoms with van der Waals surface area (Å²) in [7, 11) is 0. The first-order valence-electron chi connectivity index (χ1n) is 7.82. The Hall–Kier alpha value is -2.58. The molecule has 1 atom stereocenters. The fraction of sp³-hybridized carbons (Fsp3) is 0.211. The molecule has 0 fully saturated rings. The SMILES string of the molecule is CCc1ccccc1-n1c(S[C@@H](C)C#N)nc2ccccc2c1=O. The van der Waals surface area contributed by atoms with E-state index in [0.29, 0.717) is 16.1 Å². The quantitative estimate of drug-likeness (QED) is 0.535. The van der Waals surface area contributed by atoms with Crippen LogP contribution in [0.2, 0.25) is 0 Å². The fourth-order valence-electron chi connectivity index (χ4n) is 2.62. The van der Waals surface area contributed by atoms with Gasteiger partial charge in [-0.1, -0.05) is 49.0 Å². The topological polar surface area (TPSA) is 58.7 Å². The first-order chi connectivity index (χ1) is 11.7. The van der Waals surface area contributed by atoms with Gasteiger partial charge in [0.2, 0.25) is 0 Å². The maximum absolute atomic E-state index is 13.1. The zero-order valence-corrected chi connectivity index (χ0v) is 14.4. The van der Waals surface area contributed by atoms with Crippen molar-refractivity contribution in [1.29, 1.82) is 5.26 Å². The Kier molecular flexibility index (Phi) is 4.68. The lowest BCUT2D eigenvalue weighted by atomic mass is 10.1. The minimum Gasteiger partial charge on any atom is -0.268 e. The molecule has 1 aromatic heterocycles. The second-order valence-corrected chi connectivity index (χ2v) is 6.73. The molecule has 0 amide bonds. The summed E-state index contributed by atoms with van der Waals surface area (Å²) in [6.45, 7) is 3.87. The summed E-state index contributed by atoms with van der Waals surface area (Å²) in [6, 6.07) is 17.3. The lowest BCUT2D eigenvalue weighted by Crippen LogP contribution is -2.23. The average molecular weight is 335 g/mol. The van der Waals surface area contributed by atoms with Gasteiger partial charge in [-0.05, 0) is 37.1 Å². The Morgan fingerprint density at radius 2 is 1.92 bits per heavy atom. The van der Waals surface area contributed by atoms with Gasteiger partial charge in [0.05, 0.1) is 27.9 Å². The number of thioether (sulfide) groups is 1. The van der Waals surface area contributed by atoms with Crippen LogP contribution in [0, 0.1) is 11.3 Å². The van der Waals surface area contributed by atoms with Crippen LogP contribution < -0.4 is 5.56 Å². The molecule has 0 bridgehead atoms. The minimum atomic E-state index is -0.293. The summed E-state index contributed by atoms with van der Waals surface area (Å²) >= 11 is 1.30. The van der Waals surface area contributed by atoms with E-state index in [2.05, 4.69) is 18.0 Å². The third kappa shape index (κ3) is 2.93. The van der Waals surface area contributed by atoms with Crippen molar-refractivity contribution in [2.45, 2.75) is 30.7 Å². The van der Waals surface area contributed by atoms with Gasteiger partial charge in [0.25, 0.3) is 5.56 Å². The molecule has 3 rings (SSSR count). The van der Waals surface area contributed by atoms with Gasteiger partial charge in [-0.25, -0.2) is 4.98 Å². The van der Waals surface area contributed by atoms with E-state index < -0.39 is 0 Å². The maximum Gasteiger partial charge on any atom is 0.266 e. The smallest absolute Gasteiger partial charge is 0.266 e. The Balaban J connectivity index is 2.35. The summed E-state index contributed by atoms with van der Waals surface area (Å²) in [5.74, 6) is 0. The molecule has 3 aromatic rings. The number of rotatable bonds is 4. The number of nitrogens with zero attached hydrogens (tertiary/aromatic N) is 3. The maximum atomic E-state index is 13.1. The van der Waals surface area contributed by atoms with Crippen molar-refractivity contribution in [3.63, 3.8) is 0 Å². The van der Waals surface area contributed by atoms with E-state index in [9.17, 15) is 4.79 Å². The van der Waals surface area contributed by atoms with E-state index >= 15 is 0 Å². The summed E-state index contributed by atoms with van der Waals surface area (Å²) in [5.41, 5.74) is 2.45. The number of benzene rings is 2. The third-order valence-electron chi connectivity index (χ3n) is 3.82. The number of hydrogen-bond acceptors (Lipinski definition) is 4. The molecule has 120 valence electrons. The molecule has 4 nitrogen and oxygen atoms in total. The van der Waals surface area contributed by atoms with Gasteiger partial charge >= 0.3 is 0 Å². The monoisotopic (exact) mass is 335 g/mol. The Labute approximate surface area is 144 Å². The van der Waals surface area contributed by atoms with Crippen molar-refractivity contribution in [1.82, 2.24) is 9.55 Å². The third-order valence-corrected chi connectivity index (χ3v) is 4.77. The van der Waals surface area contributed by atoms with E-state index in [1.54, 1.807) is 10.6 Å². The van der Waals surface area contributed by atoms with Gasteiger partial charge in [-0.3, -0.25) is 9.36 Å². The molecule has 0 radical (unpaired) electrons. The summed E-state index contributed by atoms with van der Waals surface area (Å²) in [6.07, 6.45) is 0.813. The molecule has 0 spiro atoms. The molecule has 0 saturated carbocycles. The van der Waals surface area contributed by atoms with E-state index in [4.69, 9.17) is 5.26 Å². The molecule has 0 N–H and O–H groups in total. The van der Waals surface area contributed by atoms with E-state index in [1.165, 1.54) is 11.8 Å². The van der Waals surface area contributed by atoms with Crippen LogP contribution in [-0.4, -0.2) is 14.8 Å². The van der Waals surface area contributed by atoms with Gasteiger partial charge in [0.15, 0.2) is 5.16 Å². The van der Waals surface area contributed by atoms with Gasteiger partial charge in [0.1, 0.15) is 0 Å². The van der Waals surface area contributed by atoms with Gasteiger partial charge < -0.3 is 0 Å². The average Bonchev–Trinajstić information content (AvgIpc) is 2.62. The summed E-state index contributed by atoms with van der Waals surface area (Å²) in [5, 5.41) is 9.99. The van der Waals surface area contributed by atoms with Crippen molar-refractivity contribution in [2.24, 2.45) is 0 Å². The van der Waals surface area contributed by atoms with E-state index in [1.807, 2.05) is 49.4 Å². The second-order valence-electron chi connectivity index (χ2n) is 5.42. The molecule has 0 unspecified atom stereocenters. The first kappa shape index (κ1) is 16.3. The van der Waals surface area contributed by atoms with Crippen molar-refractivity contribution in [3.8, 4) is 11.8 Å². The highest BCUT2D eigenvalue weighted by atomic mass is 32.2. The number of nitriles is 1. The zero-order chi connectivity index (χ0) is 17.1. The van der Waals surface area contributed by atoms with Crippen molar-refractivity contribution < 1.29 is 0 Å². The van der Waals surface area contributed by atoms with Crippen molar-refractivity contribution in [3.05, 3.63) is 64.4 Å². The number of aryl methyl sites for hydroxylation is 1. The van der Waals surface area contributed by atoms with Crippen LogP contribution >= 0.6 is 11.8 Å². The number of aromatic nitrogens is 2. The van der Waals surface area contributed by atoms with Crippen LogP contribution in [0.1, 0.15) is 19.4 Å². The number of para-hydroxylation sites is 2. The number of fused-ring (bicyclic) bond motifs is 1. The molecular formula is C19H17N3OS. The highest BCUT2D eigenvalue weighted by Crippen LogP contribution is 2.26. The van der Waals surface area contributed by atoms with Gasteiger partial charge in [-0.15, -0.1) is 0 Å². The molecule has 5 heteroatoms. The second kappa shape index (κ2) is 6.90. The van der Waals surface area contributed by atoms with Crippen molar-refractivity contribution >= 4 is 22.7 Å². The Bertz CT molecular complexity index is 988. The molecule has 24 heavy (non-hydrogen) atoms. The molecule has 0 aliphatic heterocycles. The zero-order valence-electron chi connectivity index (χ0n) is 13.6. The molecule has 2 aromatic carbocycles. The molecule has 0 saturated heterocycles. The van der Waals surface area contributed by atoms with Crippen LogP contribution in [0.25, 0.3) is 16.6 Å². The fourth-order valence-corrected chi connectivity index (χ4v) is 3.42. The predicted molar refractivity (Wildman–Crippen MR) is 97.7 cm³/mol. The van der Waals surface area contributed by atoms with Crippen LogP contribution in [0.15, 0.2) is 58.5 Å². The molecule has 0 aliphatic carbocycles. The van der Waals surface area contributed by atoms with Crippen LogP contribution in [-0.2, 0) is 6.42 Å². The standard InChI is InChI=1S/C19H17N3OS/c1-3-14-8-4-7-11-17(14)22-18(23)15-9-5-6-10-16(15)21-19(22)24-13(2)12-20/h4-11,13H,3H2,1-2H3/t13-/m0/s1. The highest BCUT2D eigenvalue weighted by Gasteiger charge is 2.17. The lowest BCUT2D eigenvalue weighted by molar-refractivity contribution is 0.807. The predicted octanol–water partition coefficient (Wildman–Crippen LogP) is 3.95. The summed E-state index contributed by atoms with van der Waals surface area (Å²) in [4.78, 5) is 17.8. The Morgan fingerprint density at radius 3 is 2.67 bits per heavy atom. The Morgan fingerprint density at radius 1 is 1.21 bits per heavy atom. The van der Waals surface area contributed by atoms with E-state index in [-0.39, 0.29) is 10.8 Å². The first-order valence-corrected chi connectivity index (χ1v) is 8.70. The molecule has 1 heterocycles. The number of hydrogen-bond donors (Lipinski definition) is 0. The van der Waals surface area contributed by atoms with Gasteiger partial charge in [0, 0.05) is 0 Å². The molecular weight excluding hydrogens is 318 g/mol. The van der Waals surface area contributed by atoms with Crippen LogP contribution in [0.5, 0.6) is 0 Å². The van der Waals surface area contributed by atoms with E-state index in [0.717, 1.165) is 17.7 Å². The van der Waals surface area contributed by atoms with Crippen LogP contribution in [0.3, 0.4) is 0 Å². The lowest BCUT2D eigenvalue weighted by Gasteiger charge is -2.16. The van der Waals surface area contributed by atoms with Crippen molar-refractivity contribution in [2.75, 3.05) is 0 Å².